The quantitative estimate of drug-likeness (QED) is 0.842. The monoisotopic (exact) mass is 320 g/mol. The van der Waals surface area contributed by atoms with E-state index in [1.165, 1.54) is 7.11 Å². The molecule has 0 saturated carbocycles. The first kappa shape index (κ1) is 16.7. The number of anilines is 1. The van der Waals surface area contributed by atoms with E-state index in [-0.39, 0.29) is 5.69 Å². The average molecular weight is 320 g/mol. The lowest BCUT2D eigenvalue weighted by Gasteiger charge is -2.34. The molecule has 1 aromatic carbocycles. The van der Waals surface area contributed by atoms with E-state index in [9.17, 15) is 22.4 Å². The van der Waals surface area contributed by atoms with Crippen LogP contribution in [0.5, 0.6) is 0 Å². The fourth-order valence-electron chi connectivity index (χ4n) is 2.42. The first-order valence-corrected chi connectivity index (χ1v) is 6.72. The van der Waals surface area contributed by atoms with Gasteiger partial charge in [-0.1, -0.05) is 0 Å². The van der Waals surface area contributed by atoms with Crippen LogP contribution in [0.3, 0.4) is 0 Å². The molecule has 1 aromatic rings. The number of carbonyl (C=O) groups is 1. The van der Waals surface area contributed by atoms with Crippen molar-refractivity contribution in [2.45, 2.75) is 24.6 Å². The Hall–Kier alpha value is -1.67. The van der Waals surface area contributed by atoms with E-state index in [0.717, 1.165) is 6.07 Å². The van der Waals surface area contributed by atoms with Gasteiger partial charge < -0.3 is 15.4 Å². The Morgan fingerprint density at radius 3 is 2.50 bits per heavy atom. The second-order valence-electron chi connectivity index (χ2n) is 5.09. The number of halogens is 4. The van der Waals surface area contributed by atoms with Crippen LogP contribution in [0.4, 0.5) is 23.2 Å². The summed E-state index contributed by atoms with van der Waals surface area (Å²) in [6, 6.07) is 2.35. The standard InChI is InChI=1S/C14H16F4N2O2/c1-22-13(4-6-19-7-5-13)12(21)20-9-2-3-11(15)10(8-9)14(16,17)18/h2-3,8,19H,4-7H2,1H3,(H,20,21). The SMILES string of the molecule is COC1(C(=O)Nc2ccc(F)c(C(F)(F)F)c2)CCNCC1. The van der Waals surface area contributed by atoms with Crippen LogP contribution < -0.4 is 10.6 Å². The molecule has 0 aromatic heterocycles. The Morgan fingerprint density at radius 1 is 1.32 bits per heavy atom. The lowest BCUT2D eigenvalue weighted by Crippen LogP contribution is -2.51. The van der Waals surface area contributed by atoms with Crippen LogP contribution in [-0.2, 0) is 15.7 Å². The molecule has 1 amide bonds. The van der Waals surface area contributed by atoms with Crippen LogP contribution in [0.15, 0.2) is 18.2 Å². The maximum atomic E-state index is 13.2. The Kier molecular flexibility index (Phi) is 4.72. The Balaban J connectivity index is 2.21. The molecule has 1 saturated heterocycles. The molecule has 0 unspecified atom stereocenters. The van der Waals surface area contributed by atoms with E-state index in [0.29, 0.717) is 38.1 Å². The lowest BCUT2D eigenvalue weighted by atomic mass is 9.91. The van der Waals surface area contributed by atoms with Gasteiger partial charge in [0.05, 0.1) is 5.56 Å². The number of ether oxygens (including phenoxy) is 1. The van der Waals surface area contributed by atoms with E-state index >= 15 is 0 Å². The molecule has 1 heterocycles. The van der Waals surface area contributed by atoms with Crippen molar-refractivity contribution in [1.29, 1.82) is 0 Å². The summed E-state index contributed by atoms with van der Waals surface area (Å²) in [7, 11) is 1.39. The summed E-state index contributed by atoms with van der Waals surface area (Å²) in [4.78, 5) is 12.3. The minimum atomic E-state index is -4.82. The summed E-state index contributed by atoms with van der Waals surface area (Å²) >= 11 is 0. The van der Waals surface area contributed by atoms with Crippen LogP contribution in [0.1, 0.15) is 18.4 Å². The van der Waals surface area contributed by atoms with Gasteiger partial charge in [0.25, 0.3) is 5.91 Å². The highest BCUT2D eigenvalue weighted by Crippen LogP contribution is 2.33. The molecule has 0 spiro atoms. The molecule has 0 bridgehead atoms. The van der Waals surface area contributed by atoms with Crippen molar-refractivity contribution in [3.63, 3.8) is 0 Å². The van der Waals surface area contributed by atoms with Crippen molar-refractivity contribution in [3.05, 3.63) is 29.6 Å². The van der Waals surface area contributed by atoms with Crippen LogP contribution in [0, 0.1) is 5.82 Å². The first-order chi connectivity index (χ1) is 10.3. The smallest absolute Gasteiger partial charge is 0.368 e. The number of nitrogens with one attached hydrogen (secondary N) is 2. The summed E-state index contributed by atoms with van der Waals surface area (Å²) in [6.07, 6.45) is -4.01. The van der Waals surface area contributed by atoms with Gasteiger partial charge in [0.2, 0.25) is 0 Å². The zero-order chi connectivity index (χ0) is 16.4. The predicted molar refractivity (Wildman–Crippen MR) is 71.9 cm³/mol. The topological polar surface area (TPSA) is 50.4 Å². The van der Waals surface area contributed by atoms with E-state index < -0.39 is 29.1 Å². The number of hydrogen-bond acceptors (Lipinski definition) is 3. The van der Waals surface area contributed by atoms with Crippen LogP contribution in [-0.4, -0.2) is 31.7 Å². The highest BCUT2D eigenvalue weighted by atomic mass is 19.4. The molecular weight excluding hydrogens is 304 g/mol. The molecule has 2 N–H and O–H groups in total. The third kappa shape index (κ3) is 3.38. The fraction of sp³-hybridized carbons (Fsp3) is 0.500. The first-order valence-electron chi connectivity index (χ1n) is 6.72. The minimum absolute atomic E-state index is 0.117. The van der Waals surface area contributed by atoms with Crippen molar-refractivity contribution in [2.75, 3.05) is 25.5 Å². The molecule has 0 radical (unpaired) electrons. The molecule has 22 heavy (non-hydrogen) atoms. The number of hydrogen-bond donors (Lipinski definition) is 2. The normalized spacial score (nSPS) is 18.0. The van der Waals surface area contributed by atoms with Crippen LogP contribution >= 0.6 is 0 Å². The summed E-state index contributed by atoms with van der Waals surface area (Å²) in [5.74, 6) is -1.91. The van der Waals surface area contributed by atoms with Gasteiger partial charge in [0, 0.05) is 12.8 Å². The van der Waals surface area contributed by atoms with Crippen molar-refractivity contribution in [1.82, 2.24) is 5.32 Å². The number of methoxy groups -OCH3 is 1. The van der Waals surface area contributed by atoms with E-state index in [1.807, 2.05) is 0 Å². The number of rotatable bonds is 3. The molecule has 1 aliphatic rings. The maximum Gasteiger partial charge on any atom is 0.419 e. The van der Waals surface area contributed by atoms with Gasteiger partial charge in [0.15, 0.2) is 0 Å². The molecule has 2 rings (SSSR count). The van der Waals surface area contributed by atoms with E-state index in [2.05, 4.69) is 10.6 Å². The molecule has 1 aliphatic heterocycles. The molecule has 4 nitrogen and oxygen atoms in total. The number of amides is 1. The molecule has 122 valence electrons. The summed E-state index contributed by atoms with van der Waals surface area (Å²) < 4.78 is 56.5. The summed E-state index contributed by atoms with van der Waals surface area (Å²) in [5.41, 5.74) is -2.62. The maximum absolute atomic E-state index is 13.2. The molecule has 0 aliphatic carbocycles. The number of piperidine rings is 1. The van der Waals surface area contributed by atoms with E-state index in [1.54, 1.807) is 0 Å². The predicted octanol–water partition coefficient (Wildman–Crippen LogP) is 2.55. The highest BCUT2D eigenvalue weighted by molar-refractivity contribution is 5.97. The van der Waals surface area contributed by atoms with Gasteiger partial charge in [-0.2, -0.15) is 13.2 Å². The van der Waals surface area contributed by atoms with Gasteiger partial charge in [-0.3, -0.25) is 4.79 Å². The molecule has 1 fully saturated rings. The molecular formula is C14H16F4N2O2. The summed E-state index contributed by atoms with van der Waals surface area (Å²) in [6.45, 7) is 1.14. The Bertz CT molecular complexity index is 554. The van der Waals surface area contributed by atoms with Gasteiger partial charge in [-0.05, 0) is 44.1 Å². The second kappa shape index (κ2) is 6.21. The average Bonchev–Trinajstić information content (AvgIpc) is 2.48. The van der Waals surface area contributed by atoms with Gasteiger partial charge in [0.1, 0.15) is 11.4 Å². The fourth-order valence-corrected chi connectivity index (χ4v) is 2.42. The zero-order valence-electron chi connectivity index (χ0n) is 11.9. The molecule has 0 atom stereocenters. The van der Waals surface area contributed by atoms with E-state index in [4.69, 9.17) is 4.74 Å². The van der Waals surface area contributed by atoms with Crippen LogP contribution in [0.2, 0.25) is 0 Å². The van der Waals surface area contributed by atoms with Gasteiger partial charge in [-0.25, -0.2) is 4.39 Å². The zero-order valence-corrected chi connectivity index (χ0v) is 11.9. The van der Waals surface area contributed by atoms with Gasteiger partial charge >= 0.3 is 6.18 Å². The second-order valence-corrected chi connectivity index (χ2v) is 5.09. The highest BCUT2D eigenvalue weighted by Gasteiger charge is 2.40. The number of alkyl halides is 3. The Morgan fingerprint density at radius 2 is 1.95 bits per heavy atom. The minimum Gasteiger partial charge on any atom is -0.368 e. The van der Waals surface area contributed by atoms with Crippen molar-refractivity contribution >= 4 is 11.6 Å². The van der Waals surface area contributed by atoms with Crippen molar-refractivity contribution in [3.8, 4) is 0 Å². The van der Waals surface area contributed by atoms with Crippen LogP contribution in [0.25, 0.3) is 0 Å². The lowest BCUT2D eigenvalue weighted by molar-refractivity contribution is -0.141. The largest absolute Gasteiger partial charge is 0.419 e. The number of benzene rings is 1. The Labute approximate surface area is 124 Å². The van der Waals surface area contributed by atoms with Crippen molar-refractivity contribution in [2.24, 2.45) is 0 Å². The third-order valence-corrected chi connectivity index (χ3v) is 3.75. The van der Waals surface area contributed by atoms with Gasteiger partial charge in [-0.15, -0.1) is 0 Å². The third-order valence-electron chi connectivity index (χ3n) is 3.75. The van der Waals surface area contributed by atoms with Crippen molar-refractivity contribution < 1.29 is 27.1 Å². The number of carbonyl (C=O) groups excluding carboxylic acids is 1. The summed E-state index contributed by atoms with van der Waals surface area (Å²) in [5, 5.41) is 5.46. The molecule has 8 heteroatoms.